The molecule has 0 bridgehead atoms. The van der Waals surface area contributed by atoms with Crippen molar-refractivity contribution in [3.05, 3.63) is 66.5 Å². The van der Waals surface area contributed by atoms with E-state index in [9.17, 15) is 0 Å². The molecule has 4 rings (SSSR count). The number of pyridine rings is 1. The number of nitrogens with two attached hydrogens (primary N) is 1. The Bertz CT molecular complexity index is 1010. The molecule has 5 nitrogen and oxygen atoms in total. The number of imidazole rings is 1. The molecule has 0 radical (unpaired) electrons. The van der Waals surface area contributed by atoms with Gasteiger partial charge in [0, 0.05) is 12.5 Å². The molecule has 4 aromatic rings. The van der Waals surface area contributed by atoms with Crippen molar-refractivity contribution in [1.82, 2.24) is 14.5 Å². The summed E-state index contributed by atoms with van der Waals surface area (Å²) < 4.78 is 7.67. The molecule has 2 N–H and O–H groups in total. The van der Waals surface area contributed by atoms with Gasteiger partial charge in [-0.15, -0.1) is 0 Å². The fourth-order valence-electron chi connectivity index (χ4n) is 3.36. The molecule has 0 aliphatic heterocycles. The van der Waals surface area contributed by atoms with Crippen LogP contribution in [0.15, 0.2) is 60.9 Å². The van der Waals surface area contributed by atoms with Crippen molar-refractivity contribution < 1.29 is 4.74 Å². The molecule has 0 saturated carbocycles. The highest BCUT2D eigenvalue weighted by Crippen LogP contribution is 2.30. The number of hydrogen-bond acceptors (Lipinski definition) is 4. The van der Waals surface area contributed by atoms with Gasteiger partial charge in [-0.25, -0.2) is 9.97 Å². The number of para-hydroxylation sites is 1. The van der Waals surface area contributed by atoms with Crippen molar-refractivity contribution in [3.8, 4) is 0 Å². The van der Waals surface area contributed by atoms with Crippen LogP contribution < -0.4 is 5.73 Å². The van der Waals surface area contributed by atoms with Gasteiger partial charge < -0.3 is 15.0 Å². The molecule has 2 heterocycles. The van der Waals surface area contributed by atoms with Crippen LogP contribution in [0.1, 0.15) is 11.6 Å². The zero-order valence-corrected chi connectivity index (χ0v) is 14.1. The maximum atomic E-state index is 6.14. The van der Waals surface area contributed by atoms with E-state index in [0.29, 0.717) is 12.4 Å². The van der Waals surface area contributed by atoms with E-state index in [1.807, 2.05) is 30.6 Å². The van der Waals surface area contributed by atoms with Crippen LogP contribution in [0.4, 0.5) is 5.82 Å². The monoisotopic (exact) mass is 332 g/mol. The zero-order chi connectivity index (χ0) is 17.2. The van der Waals surface area contributed by atoms with Gasteiger partial charge in [0.2, 0.25) is 0 Å². The topological polar surface area (TPSA) is 66.0 Å². The molecular weight excluding hydrogens is 312 g/mol. The molecule has 2 aromatic carbocycles. The lowest BCUT2D eigenvalue weighted by atomic mass is 10.1. The van der Waals surface area contributed by atoms with E-state index in [0.717, 1.165) is 28.4 Å². The number of anilines is 1. The van der Waals surface area contributed by atoms with E-state index in [2.05, 4.69) is 44.9 Å². The minimum absolute atomic E-state index is 0.127. The number of ether oxygens (including phenoxy) is 1. The van der Waals surface area contributed by atoms with Crippen LogP contribution in [-0.2, 0) is 11.2 Å². The average Bonchev–Trinajstić information content (AvgIpc) is 3.08. The smallest absolute Gasteiger partial charge is 0.152 e. The summed E-state index contributed by atoms with van der Waals surface area (Å²) in [6.07, 6.45) is 2.71. The highest BCUT2D eigenvalue weighted by Gasteiger charge is 2.18. The summed E-state index contributed by atoms with van der Waals surface area (Å²) in [5.74, 6) is 0.461. The maximum absolute atomic E-state index is 6.14. The number of benzene rings is 2. The molecule has 126 valence electrons. The summed E-state index contributed by atoms with van der Waals surface area (Å²) in [5, 5.41) is 1.05. The summed E-state index contributed by atoms with van der Waals surface area (Å²) in [4.78, 5) is 9.01. The van der Waals surface area contributed by atoms with E-state index < -0.39 is 0 Å². The highest BCUT2D eigenvalue weighted by molar-refractivity contribution is 6.06. The largest absolute Gasteiger partial charge is 0.383 e. The van der Waals surface area contributed by atoms with Crippen molar-refractivity contribution in [2.75, 3.05) is 19.5 Å². The fraction of sp³-hybridized carbons (Fsp3) is 0.200. The molecule has 0 saturated heterocycles. The normalized spacial score (nSPS) is 12.7. The van der Waals surface area contributed by atoms with Gasteiger partial charge in [-0.2, -0.15) is 0 Å². The standard InChI is InChI=1S/C20H20N4O/c1-25-12-15(11-14-7-3-2-4-8-14)24-13-22-18-19(24)16-9-5-6-10-17(16)23-20(18)21/h2-10,13,15H,11-12H2,1H3,(H2,21,23)/t15-/m1/s1. The third-order valence-corrected chi connectivity index (χ3v) is 4.50. The van der Waals surface area contributed by atoms with E-state index in [1.54, 1.807) is 7.11 Å². The van der Waals surface area contributed by atoms with Gasteiger partial charge in [-0.3, -0.25) is 0 Å². The first-order valence-electron chi connectivity index (χ1n) is 8.31. The van der Waals surface area contributed by atoms with E-state index >= 15 is 0 Å². The number of nitrogen functional groups attached to an aromatic ring is 1. The van der Waals surface area contributed by atoms with Gasteiger partial charge >= 0.3 is 0 Å². The number of hydrogen-bond donors (Lipinski definition) is 1. The molecule has 1 atom stereocenters. The predicted molar refractivity (Wildman–Crippen MR) is 101 cm³/mol. The minimum atomic E-state index is 0.127. The minimum Gasteiger partial charge on any atom is -0.383 e. The number of aromatic nitrogens is 3. The van der Waals surface area contributed by atoms with Crippen LogP contribution in [0.5, 0.6) is 0 Å². The van der Waals surface area contributed by atoms with Gasteiger partial charge in [-0.05, 0) is 18.1 Å². The molecule has 0 aliphatic carbocycles. The van der Waals surface area contributed by atoms with Crippen molar-refractivity contribution >= 4 is 27.8 Å². The summed E-state index contributed by atoms with van der Waals surface area (Å²) in [6.45, 7) is 0.594. The molecule has 25 heavy (non-hydrogen) atoms. The van der Waals surface area contributed by atoms with Crippen LogP contribution in [0, 0.1) is 0 Å². The third-order valence-electron chi connectivity index (χ3n) is 4.50. The summed E-state index contributed by atoms with van der Waals surface area (Å²) in [5.41, 5.74) is 10.0. The second-order valence-electron chi connectivity index (χ2n) is 6.16. The number of nitrogens with zero attached hydrogens (tertiary/aromatic N) is 3. The number of methoxy groups -OCH3 is 1. The first-order chi connectivity index (χ1) is 12.3. The quantitative estimate of drug-likeness (QED) is 0.606. The fourth-order valence-corrected chi connectivity index (χ4v) is 3.36. The van der Waals surface area contributed by atoms with E-state index in [-0.39, 0.29) is 6.04 Å². The Morgan fingerprint density at radius 3 is 2.64 bits per heavy atom. The maximum Gasteiger partial charge on any atom is 0.152 e. The van der Waals surface area contributed by atoms with Crippen LogP contribution in [0.3, 0.4) is 0 Å². The second-order valence-corrected chi connectivity index (χ2v) is 6.16. The molecule has 0 amide bonds. The number of rotatable bonds is 5. The van der Waals surface area contributed by atoms with E-state index in [1.165, 1.54) is 5.56 Å². The van der Waals surface area contributed by atoms with Gasteiger partial charge in [0.1, 0.15) is 5.52 Å². The molecule has 0 spiro atoms. The molecular formula is C20H20N4O. The van der Waals surface area contributed by atoms with Crippen LogP contribution in [0.2, 0.25) is 0 Å². The molecule has 5 heteroatoms. The van der Waals surface area contributed by atoms with Gasteiger partial charge in [-0.1, -0.05) is 48.5 Å². The average molecular weight is 332 g/mol. The lowest BCUT2D eigenvalue weighted by molar-refractivity contribution is 0.156. The Morgan fingerprint density at radius 2 is 1.84 bits per heavy atom. The van der Waals surface area contributed by atoms with Gasteiger partial charge in [0.25, 0.3) is 0 Å². The molecule has 0 fully saturated rings. The van der Waals surface area contributed by atoms with Gasteiger partial charge in [0.15, 0.2) is 5.82 Å². The SMILES string of the molecule is COC[C@@H](Cc1ccccc1)n1cnc2c(N)nc3ccccc3c21. The molecule has 0 aliphatic rings. The van der Waals surface area contributed by atoms with Crippen molar-refractivity contribution in [2.45, 2.75) is 12.5 Å². The first-order valence-corrected chi connectivity index (χ1v) is 8.31. The Kier molecular flexibility index (Phi) is 4.07. The highest BCUT2D eigenvalue weighted by atomic mass is 16.5. The third kappa shape index (κ3) is 2.83. The zero-order valence-electron chi connectivity index (χ0n) is 14.1. The lowest BCUT2D eigenvalue weighted by Gasteiger charge is -2.19. The summed E-state index contributed by atoms with van der Waals surface area (Å²) >= 11 is 0. The Morgan fingerprint density at radius 1 is 1.08 bits per heavy atom. The second kappa shape index (κ2) is 6.53. The predicted octanol–water partition coefficient (Wildman–Crippen LogP) is 3.60. The van der Waals surface area contributed by atoms with Gasteiger partial charge in [0.05, 0.1) is 30.0 Å². The number of fused-ring (bicyclic) bond motifs is 3. The first kappa shape index (κ1) is 15.6. The van der Waals surface area contributed by atoms with Crippen molar-refractivity contribution in [1.29, 1.82) is 0 Å². The Labute approximate surface area is 146 Å². The Balaban J connectivity index is 1.88. The summed E-state index contributed by atoms with van der Waals surface area (Å²) in [6, 6.07) is 18.6. The van der Waals surface area contributed by atoms with Crippen molar-refractivity contribution in [2.24, 2.45) is 0 Å². The molecule has 2 aromatic heterocycles. The van der Waals surface area contributed by atoms with Crippen molar-refractivity contribution in [3.63, 3.8) is 0 Å². The summed E-state index contributed by atoms with van der Waals surface area (Å²) in [7, 11) is 1.73. The van der Waals surface area contributed by atoms with Crippen LogP contribution in [0.25, 0.3) is 21.9 Å². The Hall–Kier alpha value is -2.92. The molecule has 0 unspecified atom stereocenters. The van der Waals surface area contributed by atoms with Crippen LogP contribution >= 0.6 is 0 Å². The van der Waals surface area contributed by atoms with E-state index in [4.69, 9.17) is 10.5 Å². The van der Waals surface area contributed by atoms with Crippen LogP contribution in [-0.4, -0.2) is 28.3 Å². The lowest BCUT2D eigenvalue weighted by Crippen LogP contribution is -2.17.